The van der Waals surface area contributed by atoms with Crippen LogP contribution >= 0.6 is 0 Å². The van der Waals surface area contributed by atoms with Crippen molar-refractivity contribution >= 4 is 17.5 Å². The Morgan fingerprint density at radius 3 is 2.37 bits per heavy atom. The van der Waals surface area contributed by atoms with Crippen molar-refractivity contribution < 1.29 is 14.3 Å². The summed E-state index contributed by atoms with van der Waals surface area (Å²) in [5.74, 6) is 0.478. The molecule has 30 heavy (non-hydrogen) atoms. The lowest BCUT2D eigenvalue weighted by atomic mass is 10.1. The Hall–Kier alpha value is -3.60. The van der Waals surface area contributed by atoms with Crippen LogP contribution in [0.2, 0.25) is 0 Å². The molecule has 0 aliphatic heterocycles. The summed E-state index contributed by atoms with van der Waals surface area (Å²) in [6, 6.07) is 22.6. The normalized spacial score (nSPS) is 10.3. The Morgan fingerprint density at radius 2 is 1.63 bits per heavy atom. The van der Waals surface area contributed by atoms with E-state index in [1.54, 1.807) is 31.4 Å². The first-order valence-corrected chi connectivity index (χ1v) is 9.91. The number of aryl methyl sites for hydroxylation is 2. The molecule has 0 bridgehead atoms. The Bertz CT molecular complexity index is 1020. The minimum atomic E-state index is -0.222. The summed E-state index contributed by atoms with van der Waals surface area (Å²) in [4.78, 5) is 25.1. The fraction of sp³-hybridized carbons (Fsp3) is 0.200. The summed E-state index contributed by atoms with van der Waals surface area (Å²) in [7, 11) is 1.64. The number of rotatable bonds is 8. The summed E-state index contributed by atoms with van der Waals surface area (Å²) in [6.45, 7) is 2.41. The van der Waals surface area contributed by atoms with Crippen molar-refractivity contribution in [1.82, 2.24) is 5.32 Å². The molecule has 154 valence electrons. The highest BCUT2D eigenvalue weighted by atomic mass is 16.5. The summed E-state index contributed by atoms with van der Waals surface area (Å²) >= 11 is 0. The van der Waals surface area contributed by atoms with Gasteiger partial charge in [-0.3, -0.25) is 9.59 Å². The molecule has 0 aromatic heterocycles. The van der Waals surface area contributed by atoms with E-state index in [9.17, 15) is 9.59 Å². The molecule has 3 aromatic rings. The topological polar surface area (TPSA) is 67.4 Å². The number of para-hydroxylation sites is 1. The molecule has 0 radical (unpaired) electrons. The highest BCUT2D eigenvalue weighted by molar-refractivity contribution is 6.03. The fourth-order valence-corrected chi connectivity index (χ4v) is 3.23. The molecule has 0 aliphatic carbocycles. The number of methoxy groups -OCH3 is 1. The van der Waals surface area contributed by atoms with Gasteiger partial charge < -0.3 is 15.4 Å². The van der Waals surface area contributed by atoms with Gasteiger partial charge in [0.15, 0.2) is 0 Å². The van der Waals surface area contributed by atoms with Gasteiger partial charge in [0.25, 0.3) is 5.91 Å². The summed E-state index contributed by atoms with van der Waals surface area (Å²) in [6.07, 6.45) is 0.935. The number of nitrogens with one attached hydrogen (secondary N) is 2. The lowest BCUT2D eigenvalue weighted by Crippen LogP contribution is -2.24. The smallest absolute Gasteiger partial charge is 0.253 e. The molecule has 0 heterocycles. The number of carbonyl (C=O) groups excluding carboxylic acids is 2. The van der Waals surface area contributed by atoms with E-state index in [1.165, 1.54) is 0 Å². The van der Waals surface area contributed by atoms with E-state index in [0.29, 0.717) is 30.6 Å². The van der Waals surface area contributed by atoms with Gasteiger partial charge in [0.05, 0.1) is 18.4 Å². The molecular weight excluding hydrogens is 376 g/mol. The van der Waals surface area contributed by atoms with Crippen LogP contribution in [0.1, 0.15) is 33.5 Å². The molecule has 0 saturated heterocycles. The third-order valence-electron chi connectivity index (χ3n) is 4.84. The molecule has 0 saturated carbocycles. The van der Waals surface area contributed by atoms with E-state index in [-0.39, 0.29) is 11.8 Å². The van der Waals surface area contributed by atoms with Gasteiger partial charge in [-0.1, -0.05) is 54.6 Å². The van der Waals surface area contributed by atoms with Crippen molar-refractivity contribution in [3.05, 3.63) is 95.1 Å². The Morgan fingerprint density at radius 1 is 0.900 bits per heavy atom. The maximum Gasteiger partial charge on any atom is 0.253 e. The standard InChI is InChI=1S/C25H26N2O3/c1-18-16-19(12-14-23(18)30-2)13-15-24(28)27-22-11-7-6-10-21(22)25(29)26-17-20-8-4-3-5-9-20/h3-12,14,16H,13,15,17H2,1-2H3,(H,26,29)(H,27,28). The predicted octanol–water partition coefficient (Wildman–Crippen LogP) is 4.50. The third kappa shape index (κ3) is 5.70. The van der Waals surface area contributed by atoms with Crippen molar-refractivity contribution in [2.45, 2.75) is 26.3 Å². The molecule has 2 amide bonds. The molecule has 3 rings (SSSR count). The molecule has 0 aliphatic rings. The van der Waals surface area contributed by atoms with Crippen molar-refractivity contribution in [1.29, 1.82) is 0 Å². The molecule has 0 atom stereocenters. The molecule has 5 nitrogen and oxygen atoms in total. The van der Waals surface area contributed by atoms with Gasteiger partial charge in [0.1, 0.15) is 5.75 Å². The molecular formula is C25H26N2O3. The lowest BCUT2D eigenvalue weighted by molar-refractivity contribution is -0.116. The molecule has 0 spiro atoms. The second-order valence-electron chi connectivity index (χ2n) is 7.07. The first kappa shape index (κ1) is 21.1. The number of hydrogen-bond acceptors (Lipinski definition) is 3. The van der Waals surface area contributed by atoms with Crippen molar-refractivity contribution in [3.63, 3.8) is 0 Å². The number of benzene rings is 3. The van der Waals surface area contributed by atoms with E-state index in [1.807, 2.05) is 55.5 Å². The second-order valence-corrected chi connectivity index (χ2v) is 7.07. The third-order valence-corrected chi connectivity index (χ3v) is 4.84. The minimum Gasteiger partial charge on any atom is -0.496 e. The quantitative estimate of drug-likeness (QED) is 0.583. The van der Waals surface area contributed by atoms with Gasteiger partial charge >= 0.3 is 0 Å². The Kier molecular flexibility index (Phi) is 7.22. The summed E-state index contributed by atoms with van der Waals surface area (Å²) < 4.78 is 5.27. The monoisotopic (exact) mass is 402 g/mol. The number of hydrogen-bond donors (Lipinski definition) is 2. The maximum absolute atomic E-state index is 12.6. The summed E-state index contributed by atoms with van der Waals surface area (Å²) in [5, 5.41) is 5.77. The lowest BCUT2D eigenvalue weighted by Gasteiger charge is -2.12. The molecule has 0 unspecified atom stereocenters. The van der Waals surface area contributed by atoms with Crippen LogP contribution in [-0.2, 0) is 17.8 Å². The molecule has 3 aromatic carbocycles. The van der Waals surface area contributed by atoms with E-state index in [0.717, 1.165) is 22.4 Å². The first-order valence-electron chi connectivity index (χ1n) is 9.91. The maximum atomic E-state index is 12.6. The average Bonchev–Trinajstić information content (AvgIpc) is 2.77. The molecule has 2 N–H and O–H groups in total. The molecule has 5 heteroatoms. The fourth-order valence-electron chi connectivity index (χ4n) is 3.23. The predicted molar refractivity (Wildman–Crippen MR) is 119 cm³/mol. The van der Waals surface area contributed by atoms with E-state index < -0.39 is 0 Å². The zero-order valence-corrected chi connectivity index (χ0v) is 17.3. The number of carbonyl (C=O) groups is 2. The van der Waals surface area contributed by atoms with E-state index in [4.69, 9.17) is 4.74 Å². The van der Waals surface area contributed by atoms with Crippen LogP contribution in [0.5, 0.6) is 5.75 Å². The van der Waals surface area contributed by atoms with Crippen molar-refractivity contribution in [2.75, 3.05) is 12.4 Å². The largest absolute Gasteiger partial charge is 0.496 e. The van der Waals surface area contributed by atoms with Crippen LogP contribution in [0, 0.1) is 6.92 Å². The van der Waals surface area contributed by atoms with Crippen LogP contribution in [-0.4, -0.2) is 18.9 Å². The van der Waals surface area contributed by atoms with Crippen molar-refractivity contribution in [3.8, 4) is 5.75 Å². The number of anilines is 1. The van der Waals surface area contributed by atoms with Crippen LogP contribution in [0.4, 0.5) is 5.69 Å². The Labute approximate surface area is 177 Å². The highest BCUT2D eigenvalue weighted by Gasteiger charge is 2.13. The average molecular weight is 402 g/mol. The Balaban J connectivity index is 1.59. The van der Waals surface area contributed by atoms with Gasteiger partial charge in [0.2, 0.25) is 5.91 Å². The van der Waals surface area contributed by atoms with E-state index in [2.05, 4.69) is 10.6 Å². The second kappa shape index (κ2) is 10.3. The zero-order valence-electron chi connectivity index (χ0n) is 17.3. The van der Waals surface area contributed by atoms with Gasteiger partial charge in [-0.05, 0) is 48.2 Å². The van der Waals surface area contributed by atoms with Gasteiger partial charge in [0, 0.05) is 13.0 Å². The first-order chi connectivity index (χ1) is 14.6. The SMILES string of the molecule is COc1ccc(CCC(=O)Nc2ccccc2C(=O)NCc2ccccc2)cc1C. The van der Waals surface area contributed by atoms with Gasteiger partial charge in [-0.15, -0.1) is 0 Å². The summed E-state index contributed by atoms with van der Waals surface area (Å²) in [5.41, 5.74) is 4.08. The van der Waals surface area contributed by atoms with Crippen LogP contribution < -0.4 is 15.4 Å². The molecule has 0 fully saturated rings. The highest BCUT2D eigenvalue weighted by Crippen LogP contribution is 2.20. The number of amides is 2. The van der Waals surface area contributed by atoms with Gasteiger partial charge in [-0.25, -0.2) is 0 Å². The zero-order chi connectivity index (χ0) is 21.3. The number of ether oxygens (including phenoxy) is 1. The van der Waals surface area contributed by atoms with Gasteiger partial charge in [-0.2, -0.15) is 0 Å². The van der Waals surface area contributed by atoms with Crippen LogP contribution in [0.25, 0.3) is 0 Å². The van der Waals surface area contributed by atoms with Crippen molar-refractivity contribution in [2.24, 2.45) is 0 Å². The van der Waals surface area contributed by atoms with Crippen LogP contribution in [0.15, 0.2) is 72.8 Å². The van der Waals surface area contributed by atoms with Crippen LogP contribution in [0.3, 0.4) is 0 Å². The minimum absolute atomic E-state index is 0.133. The van der Waals surface area contributed by atoms with E-state index >= 15 is 0 Å².